The van der Waals surface area contributed by atoms with Crippen molar-refractivity contribution in [3.63, 3.8) is 0 Å². The quantitative estimate of drug-likeness (QED) is 0.809. The summed E-state index contributed by atoms with van der Waals surface area (Å²) in [5.41, 5.74) is 0.569. The summed E-state index contributed by atoms with van der Waals surface area (Å²) in [6.45, 7) is 7.80. The number of carbonyl (C=O) groups excluding carboxylic acids is 1. The first kappa shape index (κ1) is 20.2. The zero-order valence-corrected chi connectivity index (χ0v) is 16.5. The van der Waals surface area contributed by atoms with Gasteiger partial charge < -0.3 is 5.32 Å². The average Bonchev–Trinajstić information content (AvgIpc) is 2.57. The Kier molecular flexibility index (Phi) is 6.85. The van der Waals surface area contributed by atoms with Gasteiger partial charge in [-0.2, -0.15) is 4.31 Å². The summed E-state index contributed by atoms with van der Waals surface area (Å²) in [5, 5.41) is 3.38. The molecule has 0 saturated carbocycles. The SMILES string of the molecule is CCC(C)NC(=O)CN1CCN(S(=O)(=O)c2cccc(Cl)c2C)CC1. The highest BCUT2D eigenvalue weighted by Gasteiger charge is 2.30. The molecule has 0 radical (unpaired) electrons. The Labute approximate surface area is 155 Å². The van der Waals surface area contributed by atoms with E-state index >= 15 is 0 Å². The number of amides is 1. The van der Waals surface area contributed by atoms with Crippen molar-refractivity contribution in [3.05, 3.63) is 28.8 Å². The number of carbonyl (C=O) groups is 1. The molecule has 1 saturated heterocycles. The van der Waals surface area contributed by atoms with Crippen LogP contribution < -0.4 is 5.32 Å². The van der Waals surface area contributed by atoms with Crippen molar-refractivity contribution in [1.29, 1.82) is 0 Å². The van der Waals surface area contributed by atoms with Crippen LogP contribution in [0.1, 0.15) is 25.8 Å². The van der Waals surface area contributed by atoms with E-state index in [1.807, 2.05) is 18.7 Å². The summed E-state index contributed by atoms with van der Waals surface area (Å²) in [5.74, 6) is -0.0173. The van der Waals surface area contributed by atoms with Crippen molar-refractivity contribution in [2.45, 2.75) is 38.1 Å². The number of hydrogen-bond donors (Lipinski definition) is 1. The summed E-state index contributed by atoms with van der Waals surface area (Å²) >= 11 is 6.06. The third-order valence-electron chi connectivity index (χ3n) is 4.55. The summed E-state index contributed by atoms with van der Waals surface area (Å²) in [7, 11) is -3.57. The molecular formula is C17H26ClN3O3S. The van der Waals surface area contributed by atoms with Gasteiger partial charge in [-0.15, -0.1) is 0 Å². The molecule has 1 aromatic carbocycles. The molecule has 0 bridgehead atoms. The van der Waals surface area contributed by atoms with E-state index in [0.717, 1.165) is 6.42 Å². The fourth-order valence-corrected chi connectivity index (χ4v) is 4.66. The maximum atomic E-state index is 12.8. The van der Waals surface area contributed by atoms with Gasteiger partial charge in [-0.25, -0.2) is 8.42 Å². The van der Waals surface area contributed by atoms with Crippen LogP contribution in [0.2, 0.25) is 5.02 Å². The van der Waals surface area contributed by atoms with Crippen molar-refractivity contribution in [2.75, 3.05) is 32.7 Å². The highest BCUT2D eigenvalue weighted by molar-refractivity contribution is 7.89. The lowest BCUT2D eigenvalue weighted by atomic mass is 10.2. The molecule has 1 atom stereocenters. The molecule has 1 N–H and O–H groups in total. The molecule has 1 aromatic rings. The van der Waals surface area contributed by atoms with Crippen LogP contribution in [0.4, 0.5) is 0 Å². The summed E-state index contributed by atoms with van der Waals surface area (Å²) in [6.07, 6.45) is 0.886. The number of benzene rings is 1. The molecule has 1 fully saturated rings. The monoisotopic (exact) mass is 387 g/mol. The molecule has 1 amide bonds. The van der Waals surface area contributed by atoms with Crippen LogP contribution in [0, 0.1) is 6.92 Å². The first-order valence-corrected chi connectivity index (χ1v) is 10.3. The molecule has 1 aliphatic heterocycles. The minimum absolute atomic E-state index is 0.0173. The van der Waals surface area contributed by atoms with Crippen LogP contribution in [0.25, 0.3) is 0 Å². The van der Waals surface area contributed by atoms with E-state index in [4.69, 9.17) is 11.6 Å². The minimum atomic E-state index is -3.57. The Morgan fingerprint density at radius 2 is 1.92 bits per heavy atom. The lowest BCUT2D eigenvalue weighted by Gasteiger charge is -2.34. The van der Waals surface area contributed by atoms with Gasteiger partial charge >= 0.3 is 0 Å². The number of nitrogens with zero attached hydrogens (tertiary/aromatic N) is 2. The normalized spacial score (nSPS) is 18.1. The largest absolute Gasteiger partial charge is 0.353 e. The average molecular weight is 388 g/mol. The molecule has 1 aliphatic rings. The lowest BCUT2D eigenvalue weighted by Crippen LogP contribution is -2.51. The first-order valence-electron chi connectivity index (χ1n) is 8.52. The Bertz CT molecular complexity index is 716. The van der Waals surface area contributed by atoms with Crippen molar-refractivity contribution in [2.24, 2.45) is 0 Å². The molecule has 0 spiro atoms. The van der Waals surface area contributed by atoms with Gasteiger partial charge in [-0.1, -0.05) is 24.6 Å². The fourth-order valence-electron chi connectivity index (χ4n) is 2.76. The van der Waals surface area contributed by atoms with E-state index in [2.05, 4.69) is 5.32 Å². The number of piperazine rings is 1. The van der Waals surface area contributed by atoms with Crippen LogP contribution in [-0.2, 0) is 14.8 Å². The van der Waals surface area contributed by atoms with E-state index in [0.29, 0.717) is 43.3 Å². The molecule has 1 unspecified atom stereocenters. The molecule has 25 heavy (non-hydrogen) atoms. The summed E-state index contributed by atoms with van der Waals surface area (Å²) in [4.78, 5) is 14.2. The maximum absolute atomic E-state index is 12.8. The van der Waals surface area contributed by atoms with Crippen LogP contribution in [0.15, 0.2) is 23.1 Å². The molecule has 8 heteroatoms. The van der Waals surface area contributed by atoms with Crippen LogP contribution in [-0.4, -0.2) is 62.3 Å². The third kappa shape index (κ3) is 4.94. The van der Waals surface area contributed by atoms with E-state index < -0.39 is 10.0 Å². The predicted octanol–water partition coefficient (Wildman–Crippen LogP) is 1.87. The second kappa shape index (κ2) is 8.49. The molecule has 0 aliphatic carbocycles. The first-order chi connectivity index (χ1) is 11.8. The molecule has 2 rings (SSSR count). The van der Waals surface area contributed by atoms with Crippen molar-refractivity contribution >= 4 is 27.5 Å². The second-order valence-electron chi connectivity index (χ2n) is 6.42. The number of halogens is 1. The van der Waals surface area contributed by atoms with Gasteiger partial charge in [0.05, 0.1) is 11.4 Å². The second-order valence-corrected chi connectivity index (χ2v) is 8.73. The van der Waals surface area contributed by atoms with Gasteiger partial charge in [-0.3, -0.25) is 9.69 Å². The number of nitrogens with one attached hydrogen (secondary N) is 1. The van der Waals surface area contributed by atoms with Gasteiger partial charge in [0.15, 0.2) is 0 Å². The summed E-state index contributed by atoms with van der Waals surface area (Å²) in [6, 6.07) is 5.07. The highest BCUT2D eigenvalue weighted by atomic mass is 35.5. The summed E-state index contributed by atoms with van der Waals surface area (Å²) < 4.78 is 27.2. The van der Waals surface area contributed by atoms with Crippen molar-refractivity contribution in [1.82, 2.24) is 14.5 Å². The van der Waals surface area contributed by atoms with Gasteiger partial charge in [0.25, 0.3) is 0 Å². The molecule has 1 heterocycles. The standard InChI is InChI=1S/C17H26ClN3O3S/c1-4-13(2)19-17(22)12-20-8-10-21(11-9-20)25(23,24)16-7-5-6-15(18)14(16)3/h5-7,13H,4,8-12H2,1-3H3,(H,19,22). The zero-order chi connectivity index (χ0) is 18.6. The smallest absolute Gasteiger partial charge is 0.243 e. The fraction of sp³-hybridized carbons (Fsp3) is 0.588. The zero-order valence-electron chi connectivity index (χ0n) is 15.0. The Hall–Kier alpha value is -1.15. The van der Waals surface area contributed by atoms with Crippen LogP contribution >= 0.6 is 11.6 Å². The van der Waals surface area contributed by atoms with Crippen LogP contribution in [0.5, 0.6) is 0 Å². The van der Waals surface area contributed by atoms with Gasteiger partial charge in [0, 0.05) is 37.2 Å². The Morgan fingerprint density at radius 3 is 2.52 bits per heavy atom. The third-order valence-corrected chi connectivity index (χ3v) is 7.01. The highest BCUT2D eigenvalue weighted by Crippen LogP contribution is 2.26. The minimum Gasteiger partial charge on any atom is -0.353 e. The lowest BCUT2D eigenvalue weighted by molar-refractivity contribution is -0.123. The van der Waals surface area contributed by atoms with Crippen molar-refractivity contribution in [3.8, 4) is 0 Å². The Balaban J connectivity index is 1.97. The number of sulfonamides is 1. The topological polar surface area (TPSA) is 69.7 Å². The van der Waals surface area contributed by atoms with Crippen molar-refractivity contribution < 1.29 is 13.2 Å². The molecule has 0 aromatic heterocycles. The number of rotatable bonds is 6. The van der Waals surface area contributed by atoms with Crippen LogP contribution in [0.3, 0.4) is 0 Å². The van der Waals surface area contributed by atoms with E-state index in [1.54, 1.807) is 25.1 Å². The maximum Gasteiger partial charge on any atom is 0.243 e. The van der Waals surface area contributed by atoms with Gasteiger partial charge in [-0.05, 0) is 38.0 Å². The number of hydrogen-bond acceptors (Lipinski definition) is 4. The van der Waals surface area contributed by atoms with E-state index in [9.17, 15) is 13.2 Å². The van der Waals surface area contributed by atoms with E-state index in [1.165, 1.54) is 4.31 Å². The molecule has 6 nitrogen and oxygen atoms in total. The molecular weight excluding hydrogens is 362 g/mol. The Morgan fingerprint density at radius 1 is 1.28 bits per heavy atom. The van der Waals surface area contributed by atoms with E-state index in [-0.39, 0.29) is 16.8 Å². The predicted molar refractivity (Wildman–Crippen MR) is 99.3 cm³/mol. The van der Waals surface area contributed by atoms with Gasteiger partial charge in [0.1, 0.15) is 0 Å². The van der Waals surface area contributed by atoms with Gasteiger partial charge in [0.2, 0.25) is 15.9 Å². The molecule has 140 valence electrons.